The van der Waals surface area contributed by atoms with Gasteiger partial charge in [0.05, 0.1) is 0 Å². The SMILES string of the molecule is CC1CC(O)(C(F)(F)F)C1C. The largest absolute Gasteiger partial charge is 0.417 e. The molecule has 0 bridgehead atoms. The molecule has 3 atom stereocenters. The first-order valence-corrected chi connectivity index (χ1v) is 3.58. The summed E-state index contributed by atoms with van der Waals surface area (Å²) in [5.74, 6) is -0.691. The van der Waals surface area contributed by atoms with Crippen LogP contribution in [0.1, 0.15) is 20.3 Å². The van der Waals surface area contributed by atoms with E-state index in [1.54, 1.807) is 6.92 Å². The summed E-state index contributed by atoms with van der Waals surface area (Å²) in [7, 11) is 0. The summed E-state index contributed by atoms with van der Waals surface area (Å²) < 4.78 is 36.2. The van der Waals surface area contributed by atoms with Crippen molar-refractivity contribution < 1.29 is 18.3 Å². The van der Waals surface area contributed by atoms with Crippen LogP contribution in [0.4, 0.5) is 13.2 Å². The van der Waals surface area contributed by atoms with Gasteiger partial charge in [-0.15, -0.1) is 0 Å². The van der Waals surface area contributed by atoms with Gasteiger partial charge in [-0.3, -0.25) is 0 Å². The van der Waals surface area contributed by atoms with E-state index in [4.69, 9.17) is 5.11 Å². The van der Waals surface area contributed by atoms with Crippen LogP contribution in [0.25, 0.3) is 0 Å². The number of halogens is 3. The minimum absolute atomic E-state index is 0.0263. The zero-order chi connectivity index (χ0) is 8.86. The maximum Gasteiger partial charge on any atom is 0.417 e. The Bertz CT molecular complexity index is 166. The monoisotopic (exact) mass is 168 g/mol. The second-order valence-corrected chi connectivity index (χ2v) is 3.39. The molecule has 1 N–H and O–H groups in total. The van der Waals surface area contributed by atoms with Gasteiger partial charge in [0, 0.05) is 0 Å². The van der Waals surface area contributed by atoms with Crippen molar-refractivity contribution in [3.05, 3.63) is 0 Å². The fourth-order valence-electron chi connectivity index (χ4n) is 1.54. The van der Waals surface area contributed by atoms with E-state index < -0.39 is 17.7 Å². The highest BCUT2D eigenvalue weighted by Gasteiger charge is 2.64. The van der Waals surface area contributed by atoms with Gasteiger partial charge in [-0.05, 0) is 18.3 Å². The average molecular weight is 168 g/mol. The Balaban J connectivity index is 2.73. The smallest absolute Gasteiger partial charge is 0.380 e. The van der Waals surface area contributed by atoms with Gasteiger partial charge in [0.15, 0.2) is 5.60 Å². The lowest BCUT2D eigenvalue weighted by Crippen LogP contribution is -2.61. The molecule has 0 radical (unpaired) electrons. The lowest BCUT2D eigenvalue weighted by atomic mass is 9.62. The zero-order valence-electron chi connectivity index (χ0n) is 6.44. The Morgan fingerprint density at radius 2 is 1.82 bits per heavy atom. The van der Waals surface area contributed by atoms with E-state index in [9.17, 15) is 13.2 Å². The molecule has 66 valence electrons. The van der Waals surface area contributed by atoms with Crippen LogP contribution in [0.5, 0.6) is 0 Å². The van der Waals surface area contributed by atoms with E-state index in [0.717, 1.165) is 0 Å². The van der Waals surface area contributed by atoms with Crippen LogP contribution in [0.15, 0.2) is 0 Å². The Labute approximate surface area is 63.2 Å². The number of rotatable bonds is 0. The molecule has 0 saturated heterocycles. The minimum atomic E-state index is -4.46. The van der Waals surface area contributed by atoms with Gasteiger partial charge < -0.3 is 5.11 Å². The van der Waals surface area contributed by atoms with E-state index in [2.05, 4.69) is 0 Å². The summed E-state index contributed by atoms with van der Waals surface area (Å²) in [4.78, 5) is 0. The topological polar surface area (TPSA) is 20.2 Å². The number of hydrogen-bond donors (Lipinski definition) is 1. The Morgan fingerprint density at radius 1 is 1.36 bits per heavy atom. The van der Waals surface area contributed by atoms with Crippen molar-refractivity contribution in [3.8, 4) is 0 Å². The van der Waals surface area contributed by atoms with Crippen molar-refractivity contribution in [1.82, 2.24) is 0 Å². The van der Waals surface area contributed by atoms with Gasteiger partial charge in [-0.25, -0.2) is 0 Å². The third-order valence-corrected chi connectivity index (χ3v) is 2.73. The molecule has 1 rings (SSSR count). The van der Waals surface area contributed by atoms with Crippen LogP contribution in [-0.4, -0.2) is 16.9 Å². The predicted octanol–water partition coefficient (Wildman–Crippen LogP) is 1.96. The molecule has 0 aliphatic heterocycles. The summed E-state index contributed by atoms with van der Waals surface area (Å²) in [6.45, 7) is 3.15. The van der Waals surface area contributed by atoms with E-state index in [1.807, 2.05) is 0 Å². The average Bonchev–Trinajstić information content (AvgIpc) is 1.85. The summed E-state index contributed by atoms with van der Waals surface area (Å²) in [6.07, 6.45) is -4.61. The first-order chi connectivity index (χ1) is 4.79. The summed E-state index contributed by atoms with van der Waals surface area (Å²) >= 11 is 0. The van der Waals surface area contributed by atoms with Crippen molar-refractivity contribution in [2.24, 2.45) is 11.8 Å². The highest BCUT2D eigenvalue weighted by Crippen LogP contribution is 2.52. The van der Waals surface area contributed by atoms with E-state index in [1.165, 1.54) is 6.92 Å². The molecule has 1 saturated carbocycles. The maximum absolute atomic E-state index is 12.1. The van der Waals surface area contributed by atoms with E-state index in [0.29, 0.717) is 0 Å². The van der Waals surface area contributed by atoms with Gasteiger partial charge >= 0.3 is 6.18 Å². The number of aliphatic hydroxyl groups is 1. The molecule has 0 spiro atoms. The molecule has 1 aliphatic rings. The molecule has 0 aromatic rings. The molecule has 0 aromatic heterocycles. The van der Waals surface area contributed by atoms with Crippen molar-refractivity contribution in [2.75, 3.05) is 0 Å². The molecule has 4 heteroatoms. The van der Waals surface area contributed by atoms with Crippen molar-refractivity contribution in [1.29, 1.82) is 0 Å². The minimum Gasteiger partial charge on any atom is -0.380 e. The molecule has 1 aliphatic carbocycles. The molecule has 1 fully saturated rings. The fraction of sp³-hybridized carbons (Fsp3) is 1.00. The second kappa shape index (κ2) is 2.12. The number of hydrogen-bond acceptors (Lipinski definition) is 1. The van der Waals surface area contributed by atoms with Gasteiger partial charge in [0.1, 0.15) is 0 Å². The molecule has 3 unspecified atom stereocenters. The Hall–Kier alpha value is -0.250. The molecule has 0 aromatic carbocycles. The van der Waals surface area contributed by atoms with Crippen molar-refractivity contribution in [2.45, 2.75) is 32.0 Å². The highest BCUT2D eigenvalue weighted by atomic mass is 19.4. The van der Waals surface area contributed by atoms with E-state index >= 15 is 0 Å². The van der Waals surface area contributed by atoms with Crippen molar-refractivity contribution >= 4 is 0 Å². The Kier molecular flexibility index (Phi) is 1.71. The van der Waals surface area contributed by atoms with Crippen LogP contribution < -0.4 is 0 Å². The standard InChI is InChI=1S/C7H11F3O/c1-4-3-6(11,5(4)2)7(8,9)10/h4-5,11H,3H2,1-2H3. The first kappa shape index (κ1) is 8.84. The zero-order valence-corrected chi connectivity index (χ0v) is 6.44. The first-order valence-electron chi connectivity index (χ1n) is 3.58. The number of alkyl halides is 3. The van der Waals surface area contributed by atoms with Crippen LogP contribution in [-0.2, 0) is 0 Å². The normalized spacial score (nSPS) is 45.3. The molecular formula is C7H11F3O. The molecular weight excluding hydrogens is 157 g/mol. The lowest BCUT2D eigenvalue weighted by molar-refractivity contribution is -0.321. The van der Waals surface area contributed by atoms with Gasteiger partial charge in [-0.1, -0.05) is 13.8 Å². The molecule has 11 heavy (non-hydrogen) atoms. The molecule has 0 heterocycles. The third kappa shape index (κ3) is 1.04. The van der Waals surface area contributed by atoms with Gasteiger partial charge in [0.25, 0.3) is 0 Å². The molecule has 1 nitrogen and oxygen atoms in total. The predicted molar refractivity (Wildman–Crippen MR) is 33.9 cm³/mol. The fourth-order valence-corrected chi connectivity index (χ4v) is 1.54. The maximum atomic E-state index is 12.1. The molecule has 0 amide bonds. The van der Waals surface area contributed by atoms with Crippen LogP contribution in [0.3, 0.4) is 0 Å². The lowest BCUT2D eigenvalue weighted by Gasteiger charge is -2.49. The van der Waals surface area contributed by atoms with Crippen LogP contribution >= 0.6 is 0 Å². The summed E-state index contributed by atoms with van der Waals surface area (Å²) in [6, 6.07) is 0. The van der Waals surface area contributed by atoms with Crippen LogP contribution in [0.2, 0.25) is 0 Å². The summed E-state index contributed by atoms with van der Waals surface area (Å²) in [5, 5.41) is 9.06. The third-order valence-electron chi connectivity index (χ3n) is 2.73. The highest BCUT2D eigenvalue weighted by molar-refractivity contribution is 5.03. The van der Waals surface area contributed by atoms with Gasteiger partial charge in [-0.2, -0.15) is 13.2 Å². The Morgan fingerprint density at radius 3 is 1.91 bits per heavy atom. The quantitative estimate of drug-likeness (QED) is 0.586. The van der Waals surface area contributed by atoms with Gasteiger partial charge in [0.2, 0.25) is 0 Å². The second-order valence-electron chi connectivity index (χ2n) is 3.39. The van der Waals surface area contributed by atoms with Crippen LogP contribution in [0, 0.1) is 11.8 Å². The van der Waals surface area contributed by atoms with E-state index in [-0.39, 0.29) is 12.3 Å². The van der Waals surface area contributed by atoms with Crippen molar-refractivity contribution in [3.63, 3.8) is 0 Å². The summed E-state index contributed by atoms with van der Waals surface area (Å²) in [5.41, 5.74) is -2.41.